The predicted molar refractivity (Wildman–Crippen MR) is 82.0 cm³/mol. The summed E-state index contributed by atoms with van der Waals surface area (Å²) in [5.74, 6) is 0.787. The molecular formula is C15H20N2O4S. The number of amides is 1. The average Bonchev–Trinajstić information content (AvgIpc) is 2.99. The minimum absolute atomic E-state index is 0.0124. The van der Waals surface area contributed by atoms with Gasteiger partial charge in [-0.2, -0.15) is 4.31 Å². The number of hydrogen-bond acceptors (Lipinski definition) is 4. The van der Waals surface area contributed by atoms with Crippen molar-refractivity contribution in [3.05, 3.63) is 30.3 Å². The van der Waals surface area contributed by atoms with Crippen molar-refractivity contribution < 1.29 is 17.9 Å². The minimum atomic E-state index is -3.24. The first-order valence-corrected chi connectivity index (χ1v) is 9.26. The zero-order chi connectivity index (χ0) is 15.7. The van der Waals surface area contributed by atoms with Crippen LogP contribution in [0.15, 0.2) is 30.3 Å². The standard InChI is InChI=1S/C15H20N2O4S/c1-22(19,20)17-8-7-13-14(17)11-15(18)16(13)9-10-21-12-5-3-2-4-6-12/h2-6,13-14H,7-11H2,1H3/t13-,14-/m0/s1. The van der Waals surface area contributed by atoms with Crippen LogP contribution in [-0.4, -0.2) is 61.6 Å². The van der Waals surface area contributed by atoms with Gasteiger partial charge < -0.3 is 9.64 Å². The minimum Gasteiger partial charge on any atom is -0.492 e. The fraction of sp³-hybridized carbons (Fsp3) is 0.533. The zero-order valence-electron chi connectivity index (χ0n) is 12.5. The molecule has 0 bridgehead atoms. The highest BCUT2D eigenvalue weighted by atomic mass is 32.2. The molecule has 0 spiro atoms. The number of rotatable bonds is 5. The van der Waals surface area contributed by atoms with Crippen LogP contribution in [0.25, 0.3) is 0 Å². The number of hydrogen-bond donors (Lipinski definition) is 0. The molecular weight excluding hydrogens is 304 g/mol. The van der Waals surface area contributed by atoms with Crippen LogP contribution in [0.2, 0.25) is 0 Å². The lowest BCUT2D eigenvalue weighted by atomic mass is 10.1. The highest BCUT2D eigenvalue weighted by Gasteiger charge is 2.49. The van der Waals surface area contributed by atoms with Crippen LogP contribution in [0.4, 0.5) is 0 Å². The maximum Gasteiger partial charge on any atom is 0.224 e. The Morgan fingerprint density at radius 2 is 1.95 bits per heavy atom. The molecule has 120 valence electrons. The van der Waals surface area contributed by atoms with E-state index in [1.165, 1.54) is 10.6 Å². The topological polar surface area (TPSA) is 66.9 Å². The van der Waals surface area contributed by atoms with Gasteiger partial charge in [0.2, 0.25) is 15.9 Å². The molecule has 3 rings (SSSR count). The molecule has 0 unspecified atom stereocenters. The molecule has 6 nitrogen and oxygen atoms in total. The average molecular weight is 324 g/mol. The monoisotopic (exact) mass is 324 g/mol. The third-order valence-corrected chi connectivity index (χ3v) is 5.64. The van der Waals surface area contributed by atoms with Gasteiger partial charge in [0.05, 0.1) is 24.9 Å². The maximum atomic E-state index is 12.2. The Kier molecular flexibility index (Phi) is 4.10. The quantitative estimate of drug-likeness (QED) is 0.800. The summed E-state index contributed by atoms with van der Waals surface area (Å²) in [7, 11) is -3.24. The number of benzene rings is 1. The lowest BCUT2D eigenvalue weighted by Gasteiger charge is -2.24. The molecule has 0 radical (unpaired) electrons. The summed E-state index contributed by atoms with van der Waals surface area (Å²) in [5, 5.41) is 0. The van der Waals surface area contributed by atoms with E-state index < -0.39 is 10.0 Å². The largest absolute Gasteiger partial charge is 0.492 e. The van der Waals surface area contributed by atoms with Gasteiger partial charge in [0.15, 0.2) is 0 Å². The summed E-state index contributed by atoms with van der Waals surface area (Å²) in [6.45, 7) is 1.40. The summed E-state index contributed by atoms with van der Waals surface area (Å²) in [6, 6.07) is 9.23. The smallest absolute Gasteiger partial charge is 0.224 e. The molecule has 2 fully saturated rings. The van der Waals surface area contributed by atoms with E-state index in [4.69, 9.17) is 4.74 Å². The van der Waals surface area contributed by atoms with Crippen LogP contribution in [0, 0.1) is 0 Å². The fourth-order valence-corrected chi connectivity index (χ4v) is 4.52. The van der Waals surface area contributed by atoms with E-state index in [-0.39, 0.29) is 24.4 Å². The molecule has 2 aliphatic heterocycles. The Bertz CT molecular complexity index is 647. The van der Waals surface area contributed by atoms with Crippen LogP contribution in [-0.2, 0) is 14.8 Å². The highest BCUT2D eigenvalue weighted by molar-refractivity contribution is 7.88. The second-order valence-electron chi connectivity index (χ2n) is 5.75. The summed E-state index contributed by atoms with van der Waals surface area (Å²) >= 11 is 0. The molecule has 1 amide bonds. The van der Waals surface area contributed by atoms with E-state index in [1.807, 2.05) is 30.3 Å². The third kappa shape index (κ3) is 2.96. The van der Waals surface area contributed by atoms with Gasteiger partial charge in [-0.15, -0.1) is 0 Å². The van der Waals surface area contributed by atoms with Crippen LogP contribution in [0.5, 0.6) is 5.75 Å². The number of nitrogens with zero attached hydrogens (tertiary/aromatic N) is 2. The van der Waals surface area contributed by atoms with Crippen LogP contribution in [0.1, 0.15) is 12.8 Å². The third-order valence-electron chi connectivity index (χ3n) is 4.33. The summed E-state index contributed by atoms with van der Waals surface area (Å²) in [4.78, 5) is 13.9. The number of likely N-dealkylation sites (tertiary alicyclic amines) is 1. The fourth-order valence-electron chi connectivity index (χ4n) is 3.37. The van der Waals surface area contributed by atoms with Crippen molar-refractivity contribution in [2.24, 2.45) is 0 Å². The van der Waals surface area contributed by atoms with E-state index >= 15 is 0 Å². The number of fused-ring (bicyclic) bond motifs is 1. The van der Waals surface area contributed by atoms with Crippen molar-refractivity contribution in [3.8, 4) is 5.75 Å². The molecule has 2 atom stereocenters. The summed E-state index contributed by atoms with van der Waals surface area (Å²) in [5.41, 5.74) is 0. The SMILES string of the molecule is CS(=O)(=O)N1CC[C@H]2[C@@H]1CC(=O)N2CCOc1ccccc1. The van der Waals surface area contributed by atoms with Crippen molar-refractivity contribution in [2.45, 2.75) is 24.9 Å². The predicted octanol–water partition coefficient (Wildman–Crippen LogP) is 0.700. The maximum absolute atomic E-state index is 12.2. The van der Waals surface area contributed by atoms with E-state index in [0.29, 0.717) is 26.1 Å². The second kappa shape index (κ2) is 5.89. The molecule has 2 saturated heterocycles. The van der Waals surface area contributed by atoms with Crippen molar-refractivity contribution in [2.75, 3.05) is 26.0 Å². The Morgan fingerprint density at radius 3 is 2.64 bits per heavy atom. The summed E-state index contributed by atoms with van der Waals surface area (Å²) in [6.07, 6.45) is 2.19. The second-order valence-corrected chi connectivity index (χ2v) is 7.68. The normalized spacial score (nSPS) is 25.5. The van der Waals surface area contributed by atoms with Crippen LogP contribution in [0.3, 0.4) is 0 Å². The molecule has 0 aromatic heterocycles. The van der Waals surface area contributed by atoms with Gasteiger partial charge in [0.25, 0.3) is 0 Å². The van der Waals surface area contributed by atoms with Gasteiger partial charge in [-0.1, -0.05) is 18.2 Å². The van der Waals surface area contributed by atoms with Crippen molar-refractivity contribution in [1.29, 1.82) is 0 Å². The van der Waals surface area contributed by atoms with Crippen molar-refractivity contribution in [1.82, 2.24) is 9.21 Å². The number of ether oxygens (including phenoxy) is 1. The molecule has 1 aromatic rings. The lowest BCUT2D eigenvalue weighted by molar-refractivity contribution is -0.129. The van der Waals surface area contributed by atoms with E-state index in [1.54, 1.807) is 4.90 Å². The molecule has 2 aliphatic rings. The van der Waals surface area contributed by atoms with Crippen LogP contribution < -0.4 is 4.74 Å². The number of para-hydroxylation sites is 1. The van der Waals surface area contributed by atoms with Gasteiger partial charge in [-0.05, 0) is 18.6 Å². The lowest BCUT2D eigenvalue weighted by Crippen LogP contribution is -2.40. The number of sulfonamides is 1. The van der Waals surface area contributed by atoms with Gasteiger partial charge in [0, 0.05) is 13.0 Å². The molecule has 0 saturated carbocycles. The first-order valence-electron chi connectivity index (χ1n) is 7.41. The van der Waals surface area contributed by atoms with Crippen LogP contribution >= 0.6 is 0 Å². The first kappa shape index (κ1) is 15.3. The van der Waals surface area contributed by atoms with Crippen molar-refractivity contribution in [3.63, 3.8) is 0 Å². The molecule has 0 aliphatic carbocycles. The number of carbonyl (C=O) groups excluding carboxylic acids is 1. The highest BCUT2D eigenvalue weighted by Crippen LogP contribution is 2.33. The van der Waals surface area contributed by atoms with Gasteiger partial charge >= 0.3 is 0 Å². The molecule has 7 heteroatoms. The summed E-state index contributed by atoms with van der Waals surface area (Å²) < 4.78 is 30.6. The van der Waals surface area contributed by atoms with Gasteiger partial charge in [0.1, 0.15) is 12.4 Å². The molecule has 0 N–H and O–H groups in total. The number of carbonyl (C=O) groups is 1. The molecule has 2 heterocycles. The van der Waals surface area contributed by atoms with E-state index in [0.717, 1.165) is 5.75 Å². The van der Waals surface area contributed by atoms with Gasteiger partial charge in [-0.25, -0.2) is 8.42 Å². The Balaban J connectivity index is 1.60. The van der Waals surface area contributed by atoms with Gasteiger partial charge in [-0.3, -0.25) is 4.79 Å². The van der Waals surface area contributed by atoms with E-state index in [9.17, 15) is 13.2 Å². The van der Waals surface area contributed by atoms with Crippen molar-refractivity contribution >= 4 is 15.9 Å². The Morgan fingerprint density at radius 1 is 1.23 bits per heavy atom. The first-order chi connectivity index (χ1) is 10.5. The Labute approximate surface area is 130 Å². The Hall–Kier alpha value is -1.60. The molecule has 1 aromatic carbocycles. The molecule has 22 heavy (non-hydrogen) atoms. The van der Waals surface area contributed by atoms with E-state index in [2.05, 4.69) is 0 Å². The zero-order valence-corrected chi connectivity index (χ0v) is 13.3.